The van der Waals surface area contributed by atoms with Gasteiger partial charge in [0.2, 0.25) is 11.8 Å². The first-order valence-electron chi connectivity index (χ1n) is 7.81. The Morgan fingerprint density at radius 2 is 1.75 bits per heavy atom. The minimum atomic E-state index is -0.176. The molecule has 1 rings (SSSR count). The molecule has 1 aliphatic heterocycles. The van der Waals surface area contributed by atoms with Crippen LogP contribution in [-0.4, -0.2) is 35.8 Å². The molecule has 1 saturated heterocycles. The summed E-state index contributed by atoms with van der Waals surface area (Å²) in [5, 5.41) is 3.05. The summed E-state index contributed by atoms with van der Waals surface area (Å²) in [5.41, 5.74) is 0. The normalized spacial score (nSPS) is 19.8. The van der Waals surface area contributed by atoms with Crippen LogP contribution in [0.15, 0.2) is 0 Å². The van der Waals surface area contributed by atoms with Crippen molar-refractivity contribution in [2.45, 2.75) is 54.0 Å². The molecule has 4 heteroatoms. The summed E-state index contributed by atoms with van der Waals surface area (Å²) in [6.45, 7) is 14.0. The van der Waals surface area contributed by atoms with Crippen LogP contribution >= 0.6 is 0 Å². The van der Waals surface area contributed by atoms with Gasteiger partial charge in [-0.15, -0.1) is 0 Å². The fourth-order valence-corrected chi connectivity index (χ4v) is 3.01. The molecule has 1 aliphatic rings. The molecule has 0 aliphatic carbocycles. The van der Waals surface area contributed by atoms with Gasteiger partial charge in [0.25, 0.3) is 0 Å². The van der Waals surface area contributed by atoms with E-state index in [0.717, 1.165) is 0 Å². The Labute approximate surface area is 123 Å². The van der Waals surface area contributed by atoms with Crippen LogP contribution in [0.2, 0.25) is 0 Å². The fourth-order valence-electron chi connectivity index (χ4n) is 3.01. The molecule has 20 heavy (non-hydrogen) atoms. The van der Waals surface area contributed by atoms with Crippen LogP contribution in [0.25, 0.3) is 0 Å². The van der Waals surface area contributed by atoms with Crippen molar-refractivity contribution in [1.82, 2.24) is 10.2 Å². The molecule has 2 amide bonds. The lowest BCUT2D eigenvalue weighted by Crippen LogP contribution is -2.39. The molecule has 1 N–H and O–H groups in total. The zero-order valence-electron chi connectivity index (χ0n) is 13.8. The van der Waals surface area contributed by atoms with E-state index in [9.17, 15) is 9.59 Å². The van der Waals surface area contributed by atoms with Gasteiger partial charge in [0.05, 0.1) is 5.92 Å². The van der Waals surface area contributed by atoms with E-state index >= 15 is 0 Å². The van der Waals surface area contributed by atoms with Crippen molar-refractivity contribution >= 4 is 11.8 Å². The molecule has 0 saturated carbocycles. The summed E-state index contributed by atoms with van der Waals surface area (Å²) >= 11 is 0. The largest absolute Gasteiger partial charge is 0.355 e. The Kier molecular flexibility index (Phi) is 6.03. The van der Waals surface area contributed by atoms with Gasteiger partial charge >= 0.3 is 0 Å². The number of hydrogen-bond acceptors (Lipinski definition) is 2. The molecule has 1 heterocycles. The number of hydrogen-bond donors (Lipinski definition) is 1. The summed E-state index contributed by atoms with van der Waals surface area (Å²) in [4.78, 5) is 25.8. The molecule has 0 radical (unpaired) electrons. The van der Waals surface area contributed by atoms with Crippen LogP contribution in [0.3, 0.4) is 0 Å². The van der Waals surface area contributed by atoms with Crippen LogP contribution in [0.4, 0.5) is 0 Å². The Morgan fingerprint density at radius 1 is 1.20 bits per heavy atom. The molecular formula is C16H30N2O2. The Hall–Kier alpha value is -1.06. The minimum Gasteiger partial charge on any atom is -0.355 e. The first-order valence-corrected chi connectivity index (χ1v) is 7.81. The summed E-state index contributed by atoms with van der Waals surface area (Å²) in [5.74, 6) is 1.54. The number of rotatable bonds is 6. The maximum absolute atomic E-state index is 12.2. The van der Waals surface area contributed by atoms with Crippen LogP contribution in [-0.2, 0) is 9.59 Å². The van der Waals surface area contributed by atoms with Crippen LogP contribution in [0.1, 0.15) is 48.0 Å². The van der Waals surface area contributed by atoms with E-state index in [2.05, 4.69) is 33.0 Å². The van der Waals surface area contributed by atoms with Crippen molar-refractivity contribution in [1.29, 1.82) is 0 Å². The predicted molar refractivity (Wildman–Crippen MR) is 81.1 cm³/mol. The second-order valence-corrected chi connectivity index (χ2v) is 6.94. The summed E-state index contributed by atoms with van der Waals surface area (Å²) in [7, 11) is 0. The van der Waals surface area contributed by atoms with E-state index in [4.69, 9.17) is 0 Å². The zero-order chi connectivity index (χ0) is 15.4. The van der Waals surface area contributed by atoms with Gasteiger partial charge in [-0.25, -0.2) is 0 Å². The van der Waals surface area contributed by atoms with Gasteiger partial charge in [-0.3, -0.25) is 9.59 Å². The average molecular weight is 282 g/mol. The van der Waals surface area contributed by atoms with E-state index in [1.54, 1.807) is 4.90 Å². The second-order valence-electron chi connectivity index (χ2n) is 6.94. The van der Waals surface area contributed by atoms with Crippen molar-refractivity contribution < 1.29 is 9.59 Å². The van der Waals surface area contributed by atoms with E-state index in [0.29, 0.717) is 37.3 Å². The van der Waals surface area contributed by atoms with Gasteiger partial charge in [-0.05, 0) is 31.6 Å². The third kappa shape index (κ3) is 4.22. The third-order valence-corrected chi connectivity index (χ3v) is 4.38. The van der Waals surface area contributed by atoms with Gasteiger partial charge in [-0.2, -0.15) is 0 Å². The van der Waals surface area contributed by atoms with Crippen LogP contribution < -0.4 is 5.32 Å². The monoisotopic (exact) mass is 282 g/mol. The molecule has 1 atom stereocenters. The second kappa shape index (κ2) is 7.09. The van der Waals surface area contributed by atoms with E-state index in [1.165, 1.54) is 0 Å². The van der Waals surface area contributed by atoms with Gasteiger partial charge in [0.1, 0.15) is 0 Å². The molecule has 4 nitrogen and oxygen atoms in total. The lowest BCUT2D eigenvalue weighted by molar-refractivity contribution is -0.130. The van der Waals surface area contributed by atoms with Crippen molar-refractivity contribution in [3.05, 3.63) is 0 Å². The van der Waals surface area contributed by atoms with Gasteiger partial charge in [0, 0.05) is 25.6 Å². The highest BCUT2D eigenvalue weighted by Crippen LogP contribution is 2.22. The SMILES string of the molecule is CC(C)C(CNC(=O)C1CC(=O)N(C(C)C)C1)C(C)C. The Morgan fingerprint density at radius 3 is 2.15 bits per heavy atom. The summed E-state index contributed by atoms with van der Waals surface area (Å²) in [6, 6.07) is 0.180. The standard InChI is InChI=1S/C16H30N2O2/c1-10(2)14(11(3)4)8-17-16(20)13-7-15(19)18(9-13)12(5)6/h10-14H,7-9H2,1-6H3,(H,17,20). The molecule has 0 bridgehead atoms. The number of carbonyl (C=O) groups excluding carboxylic acids is 2. The molecule has 116 valence electrons. The first-order chi connectivity index (χ1) is 9.23. The number of carbonyl (C=O) groups is 2. The minimum absolute atomic E-state index is 0.0350. The van der Waals surface area contributed by atoms with Crippen molar-refractivity contribution in [2.75, 3.05) is 13.1 Å². The average Bonchev–Trinajstić information content (AvgIpc) is 2.70. The van der Waals surface area contributed by atoms with Gasteiger partial charge in [0.15, 0.2) is 0 Å². The van der Waals surface area contributed by atoms with E-state index in [-0.39, 0.29) is 23.8 Å². The maximum Gasteiger partial charge on any atom is 0.225 e. The quantitative estimate of drug-likeness (QED) is 0.812. The molecule has 0 spiro atoms. The predicted octanol–water partition coefficient (Wildman–Crippen LogP) is 2.29. The smallest absolute Gasteiger partial charge is 0.225 e. The molecule has 1 unspecified atom stereocenters. The Bertz CT molecular complexity index is 342. The summed E-state index contributed by atoms with van der Waals surface area (Å²) in [6.07, 6.45) is 0.359. The van der Waals surface area contributed by atoms with E-state index < -0.39 is 0 Å². The van der Waals surface area contributed by atoms with E-state index in [1.807, 2.05) is 13.8 Å². The van der Waals surface area contributed by atoms with Crippen LogP contribution in [0, 0.1) is 23.7 Å². The number of likely N-dealkylation sites (tertiary alicyclic amines) is 1. The summed E-state index contributed by atoms with van der Waals surface area (Å²) < 4.78 is 0. The number of nitrogens with one attached hydrogen (secondary N) is 1. The van der Waals surface area contributed by atoms with Crippen molar-refractivity contribution in [2.24, 2.45) is 23.7 Å². The lowest BCUT2D eigenvalue weighted by Gasteiger charge is -2.26. The van der Waals surface area contributed by atoms with Gasteiger partial charge < -0.3 is 10.2 Å². The van der Waals surface area contributed by atoms with Crippen LogP contribution in [0.5, 0.6) is 0 Å². The maximum atomic E-state index is 12.2. The molecule has 1 fully saturated rings. The highest BCUT2D eigenvalue weighted by molar-refractivity contribution is 5.89. The third-order valence-electron chi connectivity index (χ3n) is 4.38. The highest BCUT2D eigenvalue weighted by atomic mass is 16.2. The Balaban J connectivity index is 2.50. The molecular weight excluding hydrogens is 252 g/mol. The number of nitrogens with zero attached hydrogens (tertiary/aromatic N) is 1. The first kappa shape index (κ1) is 17.0. The highest BCUT2D eigenvalue weighted by Gasteiger charge is 2.35. The molecule has 0 aromatic carbocycles. The topological polar surface area (TPSA) is 49.4 Å². The fraction of sp³-hybridized carbons (Fsp3) is 0.875. The number of amides is 2. The molecule has 0 aromatic rings. The van der Waals surface area contributed by atoms with Gasteiger partial charge in [-0.1, -0.05) is 27.7 Å². The van der Waals surface area contributed by atoms with Crippen molar-refractivity contribution in [3.8, 4) is 0 Å². The molecule has 0 aromatic heterocycles. The zero-order valence-corrected chi connectivity index (χ0v) is 13.8. The van der Waals surface area contributed by atoms with Crippen molar-refractivity contribution in [3.63, 3.8) is 0 Å². The lowest BCUT2D eigenvalue weighted by atomic mass is 9.85.